The molecule has 134 valence electrons. The van der Waals surface area contributed by atoms with Crippen molar-refractivity contribution in [3.63, 3.8) is 0 Å². The van der Waals surface area contributed by atoms with Gasteiger partial charge in [-0.15, -0.1) is 24.0 Å². The third kappa shape index (κ3) is 4.40. The molecule has 0 radical (unpaired) electrons. The van der Waals surface area contributed by atoms with Crippen LogP contribution in [0.3, 0.4) is 0 Å². The number of fused-ring (bicyclic) bond motifs is 3. The van der Waals surface area contributed by atoms with Crippen LogP contribution in [0.25, 0.3) is 0 Å². The molecule has 1 aromatic carbocycles. The standard InChI is InChI=1S/C18H29N5.HI/c1-3-14-6-5-7-15(4-2)17(14)21-18(19)20-12-16-13-22-8-10-23(16)11-9-22;/h5-7,16H,3-4,8-13H2,1-2H3,(H3,19,20,21);1H. The Balaban J connectivity index is 0.00000208. The molecule has 6 heteroatoms. The van der Waals surface area contributed by atoms with Crippen LogP contribution in [0.5, 0.6) is 0 Å². The maximum Gasteiger partial charge on any atom is 0.193 e. The van der Waals surface area contributed by atoms with Crippen LogP contribution in [-0.4, -0.2) is 61.1 Å². The first-order valence-corrected chi connectivity index (χ1v) is 8.85. The molecule has 5 nitrogen and oxygen atoms in total. The number of benzene rings is 1. The molecule has 0 aromatic heterocycles. The lowest BCUT2D eigenvalue weighted by molar-refractivity contribution is 0.0174. The monoisotopic (exact) mass is 443 g/mol. The number of halogens is 1. The van der Waals surface area contributed by atoms with Crippen molar-refractivity contribution in [1.29, 1.82) is 0 Å². The van der Waals surface area contributed by atoms with E-state index in [4.69, 9.17) is 5.73 Å². The minimum atomic E-state index is 0. The number of rotatable bonds is 5. The lowest BCUT2D eigenvalue weighted by Crippen LogP contribution is -2.61. The molecule has 3 aliphatic rings. The van der Waals surface area contributed by atoms with Gasteiger partial charge in [-0.05, 0) is 24.0 Å². The van der Waals surface area contributed by atoms with Crippen molar-refractivity contribution in [2.24, 2.45) is 10.7 Å². The highest BCUT2D eigenvalue weighted by Crippen LogP contribution is 2.22. The molecule has 3 heterocycles. The summed E-state index contributed by atoms with van der Waals surface area (Å²) >= 11 is 0. The van der Waals surface area contributed by atoms with Crippen LogP contribution in [0, 0.1) is 0 Å². The van der Waals surface area contributed by atoms with E-state index in [-0.39, 0.29) is 24.0 Å². The second-order valence-electron chi connectivity index (χ2n) is 6.50. The summed E-state index contributed by atoms with van der Waals surface area (Å²) in [5, 5.41) is 3.36. The van der Waals surface area contributed by atoms with Crippen molar-refractivity contribution in [2.45, 2.75) is 32.7 Å². The van der Waals surface area contributed by atoms with Gasteiger partial charge < -0.3 is 11.1 Å². The Labute approximate surface area is 162 Å². The van der Waals surface area contributed by atoms with Crippen molar-refractivity contribution < 1.29 is 0 Å². The van der Waals surface area contributed by atoms with Crippen molar-refractivity contribution in [2.75, 3.05) is 44.6 Å². The van der Waals surface area contributed by atoms with Crippen molar-refractivity contribution in [3.05, 3.63) is 29.3 Å². The van der Waals surface area contributed by atoms with Gasteiger partial charge in [-0.3, -0.25) is 14.8 Å². The van der Waals surface area contributed by atoms with E-state index in [9.17, 15) is 0 Å². The Hall–Kier alpha value is -0.860. The van der Waals surface area contributed by atoms with Gasteiger partial charge in [0.05, 0.1) is 6.54 Å². The van der Waals surface area contributed by atoms with Crippen molar-refractivity contribution in [3.8, 4) is 0 Å². The van der Waals surface area contributed by atoms with Gasteiger partial charge in [0.1, 0.15) is 0 Å². The van der Waals surface area contributed by atoms with Gasteiger partial charge in [-0.1, -0.05) is 32.0 Å². The Morgan fingerprint density at radius 3 is 2.29 bits per heavy atom. The molecule has 0 amide bonds. The number of piperazine rings is 3. The number of hydrogen-bond donors (Lipinski definition) is 2. The number of guanidine groups is 1. The lowest BCUT2D eigenvalue weighted by atomic mass is 10.0. The summed E-state index contributed by atoms with van der Waals surface area (Å²) in [5.41, 5.74) is 9.92. The maximum atomic E-state index is 6.17. The molecular weight excluding hydrogens is 413 g/mol. The van der Waals surface area contributed by atoms with E-state index < -0.39 is 0 Å². The molecule has 24 heavy (non-hydrogen) atoms. The van der Waals surface area contributed by atoms with Gasteiger partial charge in [0, 0.05) is 44.5 Å². The van der Waals surface area contributed by atoms with Crippen LogP contribution in [0.1, 0.15) is 25.0 Å². The number of nitrogens with one attached hydrogen (secondary N) is 1. The number of nitrogens with two attached hydrogens (primary N) is 1. The van der Waals surface area contributed by atoms with E-state index in [0.29, 0.717) is 12.0 Å². The molecule has 0 spiro atoms. The maximum absolute atomic E-state index is 6.17. The van der Waals surface area contributed by atoms with Crippen LogP contribution in [0.4, 0.5) is 5.69 Å². The Bertz CT molecular complexity index is 544. The molecule has 0 saturated carbocycles. The molecule has 3 aliphatic heterocycles. The summed E-state index contributed by atoms with van der Waals surface area (Å²) in [7, 11) is 0. The van der Waals surface area contributed by atoms with E-state index in [1.165, 1.54) is 37.3 Å². The molecule has 0 aliphatic carbocycles. The molecule has 3 saturated heterocycles. The fourth-order valence-corrected chi connectivity index (χ4v) is 3.67. The summed E-state index contributed by atoms with van der Waals surface area (Å²) in [5.74, 6) is 0.540. The third-order valence-corrected chi connectivity index (χ3v) is 5.12. The SMILES string of the molecule is CCc1cccc(CC)c1NC(N)=NCC1CN2CCN1CC2.I. The molecule has 1 unspecified atom stereocenters. The number of nitrogens with zero attached hydrogens (tertiary/aromatic N) is 3. The summed E-state index contributed by atoms with van der Waals surface area (Å²) < 4.78 is 0. The molecule has 1 aromatic rings. The second-order valence-corrected chi connectivity index (χ2v) is 6.50. The summed E-state index contributed by atoms with van der Waals surface area (Å²) in [6, 6.07) is 6.96. The van der Waals surface area contributed by atoms with Crippen LogP contribution in [-0.2, 0) is 12.8 Å². The predicted octanol–water partition coefficient (Wildman–Crippen LogP) is 2.16. The Morgan fingerprint density at radius 1 is 1.17 bits per heavy atom. The second kappa shape index (κ2) is 9.01. The fraction of sp³-hybridized carbons (Fsp3) is 0.611. The van der Waals surface area contributed by atoms with Crippen molar-refractivity contribution in [1.82, 2.24) is 9.80 Å². The summed E-state index contributed by atoms with van der Waals surface area (Å²) in [4.78, 5) is 9.71. The Morgan fingerprint density at radius 2 is 1.79 bits per heavy atom. The van der Waals surface area contributed by atoms with Gasteiger partial charge in [0.25, 0.3) is 0 Å². The average molecular weight is 443 g/mol. The smallest absolute Gasteiger partial charge is 0.193 e. The summed E-state index contributed by atoms with van der Waals surface area (Å²) in [6.07, 6.45) is 1.99. The van der Waals surface area contributed by atoms with Crippen LogP contribution in [0.2, 0.25) is 0 Å². The predicted molar refractivity (Wildman–Crippen MR) is 113 cm³/mol. The quantitative estimate of drug-likeness (QED) is 0.416. The largest absolute Gasteiger partial charge is 0.370 e. The van der Waals surface area contributed by atoms with Gasteiger partial charge >= 0.3 is 0 Å². The van der Waals surface area contributed by atoms with Gasteiger partial charge in [0.15, 0.2) is 5.96 Å². The molecule has 2 bridgehead atoms. The zero-order valence-electron chi connectivity index (χ0n) is 14.8. The lowest BCUT2D eigenvalue weighted by Gasteiger charge is -2.47. The van der Waals surface area contributed by atoms with Crippen LogP contribution < -0.4 is 11.1 Å². The van der Waals surface area contributed by atoms with E-state index in [2.05, 4.69) is 52.2 Å². The number of anilines is 1. The number of aryl methyl sites for hydroxylation is 2. The van der Waals surface area contributed by atoms with Gasteiger partial charge in [0.2, 0.25) is 0 Å². The topological polar surface area (TPSA) is 56.9 Å². The molecule has 1 atom stereocenters. The van der Waals surface area contributed by atoms with Crippen molar-refractivity contribution >= 4 is 35.6 Å². The minimum Gasteiger partial charge on any atom is -0.370 e. The van der Waals surface area contributed by atoms with E-state index in [1.807, 2.05) is 0 Å². The van der Waals surface area contributed by atoms with Gasteiger partial charge in [-0.2, -0.15) is 0 Å². The minimum absolute atomic E-state index is 0. The van der Waals surface area contributed by atoms with E-state index >= 15 is 0 Å². The van der Waals surface area contributed by atoms with E-state index in [1.54, 1.807) is 0 Å². The first-order chi connectivity index (χ1) is 11.2. The zero-order valence-corrected chi connectivity index (χ0v) is 17.1. The highest BCUT2D eigenvalue weighted by molar-refractivity contribution is 14.0. The molecular formula is C18H30IN5. The zero-order chi connectivity index (χ0) is 16.2. The highest BCUT2D eigenvalue weighted by Gasteiger charge is 2.31. The number of hydrogen-bond acceptors (Lipinski definition) is 3. The molecule has 4 rings (SSSR count). The first kappa shape index (κ1) is 19.5. The Kier molecular flexibility index (Phi) is 7.31. The fourth-order valence-electron chi connectivity index (χ4n) is 3.67. The molecule has 3 fully saturated rings. The average Bonchev–Trinajstić information content (AvgIpc) is 2.61. The number of para-hydroxylation sites is 1. The highest BCUT2D eigenvalue weighted by atomic mass is 127. The first-order valence-electron chi connectivity index (χ1n) is 8.85. The normalized spacial score (nSPS) is 26.1. The van der Waals surface area contributed by atoms with Gasteiger partial charge in [-0.25, -0.2) is 0 Å². The summed E-state index contributed by atoms with van der Waals surface area (Å²) in [6.45, 7) is 11.0. The van der Waals surface area contributed by atoms with E-state index in [0.717, 1.165) is 31.6 Å². The molecule has 3 N–H and O–H groups in total. The van der Waals surface area contributed by atoms with Crippen LogP contribution >= 0.6 is 24.0 Å². The van der Waals surface area contributed by atoms with Crippen LogP contribution in [0.15, 0.2) is 23.2 Å². The number of aliphatic imine (C=N–C) groups is 1. The third-order valence-electron chi connectivity index (χ3n) is 5.12.